The Hall–Kier alpha value is -1.58. The number of carbonyl (C=O) groups is 1. The van der Waals surface area contributed by atoms with E-state index in [4.69, 9.17) is 5.11 Å². The lowest BCUT2D eigenvalue weighted by atomic mass is 9.87. The van der Waals surface area contributed by atoms with Crippen molar-refractivity contribution in [2.45, 2.75) is 26.2 Å². The zero-order chi connectivity index (χ0) is 10.9. The fourth-order valence-corrected chi connectivity index (χ4v) is 1.09. The van der Waals surface area contributed by atoms with Gasteiger partial charge in [-0.3, -0.25) is 4.79 Å². The number of hydrogen-bond acceptors (Lipinski definition) is 2. The Balaban J connectivity index is 3.35. The predicted molar refractivity (Wildman–Crippen MR) is 52.7 cm³/mol. The predicted octanol–water partition coefficient (Wildman–Crippen LogP) is 1.37. The second-order valence-corrected chi connectivity index (χ2v) is 4.20. The lowest BCUT2D eigenvalue weighted by molar-refractivity contribution is 0.0690. The fraction of sp³-hybridized carbons (Fsp3) is 0.400. The van der Waals surface area contributed by atoms with Gasteiger partial charge in [-0.25, -0.2) is 4.79 Å². The fourth-order valence-electron chi connectivity index (χ4n) is 1.09. The number of rotatable bonds is 1. The number of pyridine rings is 1. The van der Waals surface area contributed by atoms with Crippen molar-refractivity contribution >= 4 is 5.97 Å². The second-order valence-electron chi connectivity index (χ2n) is 4.20. The first kappa shape index (κ1) is 10.5. The maximum absolute atomic E-state index is 11.1. The normalized spacial score (nSPS) is 11.4. The first-order valence-electron chi connectivity index (χ1n) is 4.29. The molecule has 0 amide bonds. The summed E-state index contributed by atoms with van der Waals surface area (Å²) in [6.45, 7) is 5.77. The van der Waals surface area contributed by atoms with Crippen LogP contribution in [0, 0.1) is 0 Å². The summed E-state index contributed by atoms with van der Waals surface area (Å²) in [5.74, 6) is -1.12. The SMILES string of the molecule is CC(C)(C)c1cc(C(=O)O)[nH]c(=O)c1. The molecule has 0 aromatic carbocycles. The van der Waals surface area contributed by atoms with Gasteiger partial charge in [-0.2, -0.15) is 0 Å². The zero-order valence-electron chi connectivity index (χ0n) is 8.42. The van der Waals surface area contributed by atoms with E-state index in [9.17, 15) is 9.59 Å². The van der Waals surface area contributed by atoms with Gasteiger partial charge < -0.3 is 10.1 Å². The highest BCUT2D eigenvalue weighted by Crippen LogP contribution is 2.20. The summed E-state index contributed by atoms with van der Waals surface area (Å²) in [7, 11) is 0. The first-order chi connectivity index (χ1) is 6.30. The van der Waals surface area contributed by atoms with Gasteiger partial charge in [0.2, 0.25) is 5.56 Å². The van der Waals surface area contributed by atoms with Gasteiger partial charge in [-0.05, 0) is 17.0 Å². The molecule has 76 valence electrons. The molecule has 0 aliphatic carbocycles. The van der Waals surface area contributed by atoms with E-state index in [1.807, 2.05) is 20.8 Å². The van der Waals surface area contributed by atoms with Crippen LogP contribution in [0.15, 0.2) is 16.9 Å². The molecule has 1 rings (SSSR count). The van der Waals surface area contributed by atoms with Crippen molar-refractivity contribution in [2.24, 2.45) is 0 Å². The minimum absolute atomic E-state index is 0.0672. The van der Waals surface area contributed by atoms with Crippen LogP contribution in [0.2, 0.25) is 0 Å². The molecular formula is C10H13NO3. The van der Waals surface area contributed by atoms with Gasteiger partial charge in [0, 0.05) is 6.07 Å². The Morgan fingerprint density at radius 2 is 1.93 bits per heavy atom. The summed E-state index contributed by atoms with van der Waals surface area (Å²) in [6, 6.07) is 2.91. The molecule has 1 aromatic rings. The molecule has 0 atom stereocenters. The maximum Gasteiger partial charge on any atom is 0.352 e. The summed E-state index contributed by atoms with van der Waals surface area (Å²) in [5, 5.41) is 8.73. The molecular weight excluding hydrogens is 182 g/mol. The number of nitrogens with one attached hydrogen (secondary N) is 1. The van der Waals surface area contributed by atoms with E-state index in [0.717, 1.165) is 5.56 Å². The van der Waals surface area contributed by atoms with Crippen LogP contribution in [-0.2, 0) is 5.41 Å². The molecule has 0 radical (unpaired) electrons. The van der Waals surface area contributed by atoms with Crippen LogP contribution in [0.3, 0.4) is 0 Å². The zero-order valence-corrected chi connectivity index (χ0v) is 8.42. The quantitative estimate of drug-likeness (QED) is 0.711. The van der Waals surface area contributed by atoms with E-state index in [1.54, 1.807) is 0 Å². The molecule has 1 aromatic heterocycles. The van der Waals surface area contributed by atoms with E-state index < -0.39 is 5.97 Å². The van der Waals surface area contributed by atoms with E-state index in [-0.39, 0.29) is 16.7 Å². The highest BCUT2D eigenvalue weighted by atomic mass is 16.4. The Kier molecular flexibility index (Phi) is 2.47. The number of aromatic amines is 1. The second kappa shape index (κ2) is 3.29. The topological polar surface area (TPSA) is 70.2 Å². The molecule has 0 saturated heterocycles. The molecule has 2 N–H and O–H groups in total. The molecule has 0 bridgehead atoms. The number of carboxylic acid groups (broad SMARTS) is 1. The number of carboxylic acids is 1. The van der Waals surface area contributed by atoms with Crippen LogP contribution < -0.4 is 5.56 Å². The number of aromatic carboxylic acids is 1. The Bertz CT molecular complexity index is 412. The number of H-pyrrole nitrogens is 1. The Morgan fingerprint density at radius 3 is 2.36 bits per heavy atom. The van der Waals surface area contributed by atoms with Gasteiger partial charge in [0.05, 0.1) is 0 Å². The van der Waals surface area contributed by atoms with Crippen molar-refractivity contribution in [2.75, 3.05) is 0 Å². The summed E-state index contributed by atoms with van der Waals surface area (Å²) in [5.41, 5.74) is 0.0502. The van der Waals surface area contributed by atoms with Crippen LogP contribution in [0.4, 0.5) is 0 Å². The Labute approximate surface area is 81.6 Å². The maximum atomic E-state index is 11.1. The van der Waals surface area contributed by atoms with Crippen molar-refractivity contribution in [1.29, 1.82) is 0 Å². The van der Waals surface area contributed by atoms with Crippen molar-refractivity contribution < 1.29 is 9.90 Å². The molecule has 1 heterocycles. The average molecular weight is 195 g/mol. The summed E-state index contributed by atoms with van der Waals surface area (Å²) >= 11 is 0. The monoisotopic (exact) mass is 195 g/mol. The van der Waals surface area contributed by atoms with E-state index in [0.29, 0.717) is 0 Å². The van der Waals surface area contributed by atoms with Gasteiger partial charge in [-0.15, -0.1) is 0 Å². The minimum atomic E-state index is -1.12. The lowest BCUT2D eigenvalue weighted by Crippen LogP contribution is -2.19. The standard InChI is InChI=1S/C10H13NO3/c1-10(2,3)6-4-7(9(13)14)11-8(12)5-6/h4-5H,1-3H3,(H,11,12)(H,13,14). The van der Waals surface area contributed by atoms with Crippen molar-refractivity contribution in [3.05, 3.63) is 33.7 Å². The van der Waals surface area contributed by atoms with Gasteiger partial charge in [-0.1, -0.05) is 20.8 Å². The van der Waals surface area contributed by atoms with Crippen LogP contribution in [-0.4, -0.2) is 16.1 Å². The molecule has 0 unspecified atom stereocenters. The van der Waals surface area contributed by atoms with Crippen LogP contribution in [0.5, 0.6) is 0 Å². The van der Waals surface area contributed by atoms with Crippen molar-refractivity contribution in [3.63, 3.8) is 0 Å². The van der Waals surface area contributed by atoms with Crippen LogP contribution in [0.1, 0.15) is 36.8 Å². The third-order valence-corrected chi connectivity index (χ3v) is 1.94. The smallest absolute Gasteiger partial charge is 0.352 e. The van der Waals surface area contributed by atoms with Gasteiger partial charge in [0.25, 0.3) is 0 Å². The Morgan fingerprint density at radius 1 is 1.36 bits per heavy atom. The highest BCUT2D eigenvalue weighted by molar-refractivity contribution is 5.85. The molecule has 0 saturated carbocycles. The third kappa shape index (κ3) is 2.22. The van der Waals surface area contributed by atoms with Crippen molar-refractivity contribution in [1.82, 2.24) is 4.98 Å². The molecule has 0 aliphatic rings. The number of aromatic nitrogens is 1. The molecule has 0 spiro atoms. The van der Waals surface area contributed by atoms with Gasteiger partial charge in [0.15, 0.2) is 0 Å². The number of hydrogen-bond donors (Lipinski definition) is 2. The summed E-state index contributed by atoms with van der Waals surface area (Å²) < 4.78 is 0. The molecule has 0 fully saturated rings. The van der Waals surface area contributed by atoms with Crippen LogP contribution >= 0.6 is 0 Å². The molecule has 14 heavy (non-hydrogen) atoms. The minimum Gasteiger partial charge on any atom is -0.477 e. The largest absolute Gasteiger partial charge is 0.477 e. The van der Waals surface area contributed by atoms with Crippen LogP contribution in [0.25, 0.3) is 0 Å². The third-order valence-electron chi connectivity index (χ3n) is 1.94. The van der Waals surface area contributed by atoms with Gasteiger partial charge in [0.1, 0.15) is 5.69 Å². The van der Waals surface area contributed by atoms with E-state index in [1.165, 1.54) is 12.1 Å². The highest BCUT2D eigenvalue weighted by Gasteiger charge is 2.16. The summed E-state index contributed by atoms with van der Waals surface area (Å²) in [6.07, 6.45) is 0. The lowest BCUT2D eigenvalue weighted by Gasteiger charge is -2.18. The average Bonchev–Trinajstić information content (AvgIpc) is 2.01. The van der Waals surface area contributed by atoms with E-state index in [2.05, 4.69) is 4.98 Å². The first-order valence-corrected chi connectivity index (χ1v) is 4.29. The molecule has 4 nitrogen and oxygen atoms in total. The molecule has 4 heteroatoms. The van der Waals surface area contributed by atoms with E-state index >= 15 is 0 Å². The summed E-state index contributed by atoms with van der Waals surface area (Å²) in [4.78, 5) is 24.1. The molecule has 0 aliphatic heterocycles. The van der Waals surface area contributed by atoms with Gasteiger partial charge >= 0.3 is 5.97 Å². The van der Waals surface area contributed by atoms with Crippen molar-refractivity contribution in [3.8, 4) is 0 Å².